The highest BCUT2D eigenvalue weighted by atomic mass is 16.5. The van der Waals surface area contributed by atoms with E-state index in [-0.39, 0.29) is 5.91 Å². The number of ether oxygens (including phenoxy) is 1. The van der Waals surface area contributed by atoms with E-state index >= 15 is 0 Å². The van der Waals surface area contributed by atoms with Gasteiger partial charge < -0.3 is 15.0 Å². The molecule has 1 heterocycles. The van der Waals surface area contributed by atoms with Crippen LogP contribution >= 0.6 is 0 Å². The maximum atomic E-state index is 11.2. The average molecular weight is 186 g/mol. The maximum absolute atomic E-state index is 11.2. The molecule has 1 amide bonds. The van der Waals surface area contributed by atoms with Crippen LogP contribution in [0.1, 0.15) is 13.3 Å². The second kappa shape index (κ2) is 5.19. The first kappa shape index (κ1) is 10.5. The molecule has 1 saturated heterocycles. The van der Waals surface area contributed by atoms with Crippen LogP contribution in [0.2, 0.25) is 0 Å². The van der Waals surface area contributed by atoms with Crippen LogP contribution < -0.4 is 5.32 Å². The Bertz CT molecular complexity index is 167. The van der Waals surface area contributed by atoms with E-state index in [0.717, 1.165) is 19.7 Å². The minimum atomic E-state index is 0.187. The lowest BCUT2D eigenvalue weighted by Crippen LogP contribution is -2.48. The van der Waals surface area contributed by atoms with Gasteiger partial charge in [-0.1, -0.05) is 6.92 Å². The van der Waals surface area contributed by atoms with Gasteiger partial charge in [-0.3, -0.25) is 4.79 Å². The Balaban J connectivity index is 2.25. The van der Waals surface area contributed by atoms with Gasteiger partial charge in [0.2, 0.25) is 5.91 Å². The fraction of sp³-hybridized carbons (Fsp3) is 0.889. The third-order valence-corrected chi connectivity index (χ3v) is 2.22. The molecule has 1 unspecified atom stereocenters. The van der Waals surface area contributed by atoms with Gasteiger partial charge in [-0.15, -0.1) is 0 Å². The normalized spacial score (nSPS) is 22.8. The summed E-state index contributed by atoms with van der Waals surface area (Å²) in [5.74, 6) is 0.187. The van der Waals surface area contributed by atoms with Gasteiger partial charge in [-0.25, -0.2) is 0 Å². The predicted octanol–water partition coefficient (Wildman–Crippen LogP) is -0.157. The quantitative estimate of drug-likeness (QED) is 0.666. The molecular weight excluding hydrogens is 168 g/mol. The summed E-state index contributed by atoms with van der Waals surface area (Å²) >= 11 is 0. The molecule has 13 heavy (non-hydrogen) atoms. The van der Waals surface area contributed by atoms with Gasteiger partial charge in [0.05, 0.1) is 13.2 Å². The third-order valence-electron chi connectivity index (χ3n) is 2.22. The van der Waals surface area contributed by atoms with E-state index in [1.165, 1.54) is 0 Å². The van der Waals surface area contributed by atoms with Crippen LogP contribution in [-0.4, -0.2) is 50.2 Å². The number of likely N-dealkylation sites (N-methyl/N-ethyl adjacent to an activating group) is 1. The number of nitrogens with zero attached hydrogens (tertiary/aromatic N) is 1. The van der Waals surface area contributed by atoms with Crippen molar-refractivity contribution in [3.8, 4) is 0 Å². The summed E-state index contributed by atoms with van der Waals surface area (Å²) in [6, 6.07) is 0.300. The highest BCUT2D eigenvalue weighted by molar-refractivity contribution is 5.75. The van der Waals surface area contributed by atoms with Crippen LogP contribution in [0.4, 0.5) is 0 Å². The van der Waals surface area contributed by atoms with Crippen LogP contribution in [0.15, 0.2) is 0 Å². The Kier molecular flexibility index (Phi) is 4.18. The van der Waals surface area contributed by atoms with Crippen molar-refractivity contribution >= 4 is 5.91 Å². The van der Waals surface area contributed by atoms with Crippen molar-refractivity contribution < 1.29 is 9.53 Å². The number of nitrogens with one attached hydrogen (secondary N) is 1. The smallest absolute Gasteiger partial charge is 0.222 e. The first-order valence-corrected chi connectivity index (χ1v) is 4.79. The topological polar surface area (TPSA) is 41.6 Å². The minimum absolute atomic E-state index is 0.187. The largest absolute Gasteiger partial charge is 0.378 e. The van der Waals surface area contributed by atoms with Crippen LogP contribution in [-0.2, 0) is 9.53 Å². The van der Waals surface area contributed by atoms with Crippen molar-refractivity contribution in [2.75, 3.05) is 33.4 Å². The SMILES string of the molecule is CCC(=O)N(C)CC1COCCN1. The first-order chi connectivity index (χ1) is 6.24. The molecule has 0 radical (unpaired) electrons. The Morgan fingerprint density at radius 3 is 3.00 bits per heavy atom. The molecule has 0 aliphatic carbocycles. The lowest BCUT2D eigenvalue weighted by Gasteiger charge is -2.28. The Hall–Kier alpha value is -0.610. The van der Waals surface area contributed by atoms with E-state index in [2.05, 4.69) is 5.32 Å². The highest BCUT2D eigenvalue weighted by Gasteiger charge is 2.16. The van der Waals surface area contributed by atoms with E-state index in [9.17, 15) is 4.79 Å². The summed E-state index contributed by atoms with van der Waals surface area (Å²) in [6.45, 7) is 5.00. The molecule has 4 heteroatoms. The van der Waals surface area contributed by atoms with Gasteiger partial charge in [0.25, 0.3) is 0 Å². The zero-order valence-electron chi connectivity index (χ0n) is 8.38. The molecule has 0 saturated carbocycles. The molecule has 0 aromatic heterocycles. The molecule has 0 aromatic carbocycles. The highest BCUT2D eigenvalue weighted by Crippen LogP contribution is 1.97. The standard InChI is InChI=1S/C9H18N2O2/c1-3-9(12)11(2)6-8-7-13-5-4-10-8/h8,10H,3-7H2,1-2H3. The van der Waals surface area contributed by atoms with Gasteiger partial charge in [0.1, 0.15) is 0 Å². The summed E-state index contributed by atoms with van der Waals surface area (Å²) < 4.78 is 5.30. The van der Waals surface area contributed by atoms with E-state index in [1.807, 2.05) is 14.0 Å². The summed E-state index contributed by atoms with van der Waals surface area (Å²) in [5.41, 5.74) is 0. The van der Waals surface area contributed by atoms with Crippen LogP contribution in [0, 0.1) is 0 Å². The van der Waals surface area contributed by atoms with Crippen LogP contribution in [0.5, 0.6) is 0 Å². The van der Waals surface area contributed by atoms with Gasteiger partial charge >= 0.3 is 0 Å². The number of carbonyl (C=O) groups is 1. The fourth-order valence-corrected chi connectivity index (χ4v) is 1.44. The molecule has 1 aliphatic heterocycles. The average Bonchev–Trinajstić information content (AvgIpc) is 2.18. The summed E-state index contributed by atoms with van der Waals surface area (Å²) in [6.07, 6.45) is 0.573. The molecule has 0 spiro atoms. The van der Waals surface area contributed by atoms with Gasteiger partial charge in [-0.2, -0.15) is 0 Å². The minimum Gasteiger partial charge on any atom is -0.378 e. The zero-order valence-corrected chi connectivity index (χ0v) is 8.38. The number of hydrogen-bond acceptors (Lipinski definition) is 3. The van der Waals surface area contributed by atoms with Crippen molar-refractivity contribution in [3.63, 3.8) is 0 Å². The summed E-state index contributed by atoms with van der Waals surface area (Å²) in [5, 5.41) is 3.31. The van der Waals surface area contributed by atoms with E-state index < -0.39 is 0 Å². The molecule has 0 bridgehead atoms. The van der Waals surface area contributed by atoms with Crippen molar-refractivity contribution in [1.82, 2.24) is 10.2 Å². The first-order valence-electron chi connectivity index (χ1n) is 4.79. The lowest BCUT2D eigenvalue weighted by molar-refractivity contribution is -0.130. The van der Waals surface area contributed by atoms with E-state index in [0.29, 0.717) is 19.1 Å². The zero-order chi connectivity index (χ0) is 9.68. The van der Waals surface area contributed by atoms with Crippen LogP contribution in [0.3, 0.4) is 0 Å². The van der Waals surface area contributed by atoms with Gasteiger partial charge in [0, 0.05) is 32.6 Å². The number of amides is 1. The molecule has 4 nitrogen and oxygen atoms in total. The molecule has 1 N–H and O–H groups in total. The molecular formula is C9H18N2O2. The molecule has 76 valence electrons. The van der Waals surface area contributed by atoms with Crippen molar-refractivity contribution in [3.05, 3.63) is 0 Å². The Morgan fingerprint density at radius 2 is 2.46 bits per heavy atom. The molecule has 1 rings (SSSR count). The lowest BCUT2D eigenvalue weighted by atomic mass is 10.2. The Morgan fingerprint density at radius 1 is 1.69 bits per heavy atom. The van der Waals surface area contributed by atoms with Gasteiger partial charge in [0.15, 0.2) is 0 Å². The predicted molar refractivity (Wildman–Crippen MR) is 50.5 cm³/mol. The number of morpholine rings is 1. The fourth-order valence-electron chi connectivity index (χ4n) is 1.44. The number of hydrogen-bond donors (Lipinski definition) is 1. The number of rotatable bonds is 3. The van der Waals surface area contributed by atoms with E-state index in [4.69, 9.17) is 4.74 Å². The summed E-state index contributed by atoms with van der Waals surface area (Å²) in [4.78, 5) is 13.0. The maximum Gasteiger partial charge on any atom is 0.222 e. The van der Waals surface area contributed by atoms with Crippen molar-refractivity contribution in [1.29, 1.82) is 0 Å². The van der Waals surface area contributed by atoms with Crippen molar-refractivity contribution in [2.24, 2.45) is 0 Å². The second-order valence-corrected chi connectivity index (χ2v) is 3.35. The Labute approximate surface area is 79.2 Å². The second-order valence-electron chi connectivity index (χ2n) is 3.35. The number of carbonyl (C=O) groups excluding carboxylic acids is 1. The third kappa shape index (κ3) is 3.32. The molecule has 1 fully saturated rings. The van der Waals surface area contributed by atoms with Crippen LogP contribution in [0.25, 0.3) is 0 Å². The van der Waals surface area contributed by atoms with Crippen molar-refractivity contribution in [2.45, 2.75) is 19.4 Å². The van der Waals surface area contributed by atoms with E-state index in [1.54, 1.807) is 4.90 Å². The molecule has 0 aromatic rings. The summed E-state index contributed by atoms with van der Waals surface area (Å²) in [7, 11) is 1.84. The monoisotopic (exact) mass is 186 g/mol. The molecule has 1 aliphatic rings. The van der Waals surface area contributed by atoms with Gasteiger partial charge in [-0.05, 0) is 0 Å². The molecule has 1 atom stereocenters.